The van der Waals surface area contributed by atoms with Gasteiger partial charge in [-0.3, -0.25) is 9.59 Å². The van der Waals surface area contributed by atoms with Crippen LogP contribution in [0.5, 0.6) is 0 Å². The zero-order valence-electron chi connectivity index (χ0n) is 12.1. The third kappa shape index (κ3) is 3.85. The van der Waals surface area contributed by atoms with Gasteiger partial charge in [0.05, 0.1) is 6.42 Å². The lowest BCUT2D eigenvalue weighted by Gasteiger charge is -2.35. The number of rotatable bonds is 5. The van der Waals surface area contributed by atoms with Crippen molar-refractivity contribution in [3.63, 3.8) is 0 Å². The van der Waals surface area contributed by atoms with Crippen molar-refractivity contribution in [2.75, 3.05) is 26.2 Å². The Morgan fingerprint density at radius 3 is 2.35 bits per heavy atom. The molecule has 5 heteroatoms. The van der Waals surface area contributed by atoms with E-state index in [1.165, 1.54) is 0 Å². The Hall–Kier alpha value is -1.78. The number of hydrogen-bond donors (Lipinski definition) is 1. The summed E-state index contributed by atoms with van der Waals surface area (Å²) in [6.07, 6.45) is 6.74. The molecule has 0 aliphatic carbocycles. The lowest BCUT2D eigenvalue weighted by Crippen LogP contribution is -2.50. The highest BCUT2D eigenvalue weighted by atomic mass is 16.2. The SMILES string of the molecule is CCCCC(=O)N1CCN(C(=O)Cc2cc[nH]c2)CC1. The van der Waals surface area contributed by atoms with E-state index in [-0.39, 0.29) is 11.8 Å². The molecule has 1 aliphatic heterocycles. The van der Waals surface area contributed by atoms with Crippen LogP contribution >= 0.6 is 0 Å². The average molecular weight is 277 g/mol. The molecule has 0 bridgehead atoms. The number of nitrogens with zero attached hydrogens (tertiary/aromatic N) is 2. The Balaban J connectivity index is 1.76. The molecule has 2 rings (SSSR count). The van der Waals surface area contributed by atoms with Crippen LogP contribution in [0.2, 0.25) is 0 Å². The monoisotopic (exact) mass is 277 g/mol. The van der Waals surface area contributed by atoms with Crippen LogP contribution in [-0.2, 0) is 16.0 Å². The highest BCUT2D eigenvalue weighted by molar-refractivity contribution is 5.80. The van der Waals surface area contributed by atoms with E-state index in [4.69, 9.17) is 0 Å². The molecule has 2 amide bonds. The van der Waals surface area contributed by atoms with Crippen molar-refractivity contribution >= 4 is 11.8 Å². The van der Waals surface area contributed by atoms with E-state index < -0.39 is 0 Å². The second kappa shape index (κ2) is 7.12. The molecule has 20 heavy (non-hydrogen) atoms. The van der Waals surface area contributed by atoms with Crippen molar-refractivity contribution in [3.05, 3.63) is 24.0 Å². The molecule has 0 spiro atoms. The second-order valence-electron chi connectivity index (χ2n) is 5.26. The van der Waals surface area contributed by atoms with Crippen molar-refractivity contribution in [1.29, 1.82) is 0 Å². The first kappa shape index (κ1) is 14.6. The summed E-state index contributed by atoms with van der Waals surface area (Å²) in [4.78, 5) is 30.7. The van der Waals surface area contributed by atoms with E-state index in [0.717, 1.165) is 18.4 Å². The molecule has 5 nitrogen and oxygen atoms in total. The van der Waals surface area contributed by atoms with Gasteiger partial charge in [0.25, 0.3) is 0 Å². The van der Waals surface area contributed by atoms with Gasteiger partial charge < -0.3 is 14.8 Å². The number of nitrogens with one attached hydrogen (secondary N) is 1. The quantitative estimate of drug-likeness (QED) is 0.885. The van der Waals surface area contributed by atoms with Crippen molar-refractivity contribution in [2.45, 2.75) is 32.6 Å². The maximum atomic E-state index is 12.1. The number of carbonyl (C=O) groups excluding carboxylic acids is 2. The van der Waals surface area contributed by atoms with Crippen molar-refractivity contribution in [2.24, 2.45) is 0 Å². The Morgan fingerprint density at radius 2 is 1.80 bits per heavy atom. The molecule has 110 valence electrons. The van der Waals surface area contributed by atoms with Gasteiger partial charge in [-0.25, -0.2) is 0 Å². The fourth-order valence-electron chi connectivity index (χ4n) is 2.45. The highest BCUT2D eigenvalue weighted by Gasteiger charge is 2.23. The molecule has 1 N–H and O–H groups in total. The van der Waals surface area contributed by atoms with Crippen LogP contribution in [0, 0.1) is 0 Å². The molecule has 1 aliphatic rings. The van der Waals surface area contributed by atoms with E-state index in [2.05, 4.69) is 11.9 Å². The van der Waals surface area contributed by atoms with E-state index in [1.807, 2.05) is 28.3 Å². The molecule has 1 aromatic rings. The first-order valence-corrected chi connectivity index (χ1v) is 7.38. The maximum Gasteiger partial charge on any atom is 0.227 e. The minimum atomic E-state index is 0.144. The van der Waals surface area contributed by atoms with Crippen LogP contribution in [0.15, 0.2) is 18.5 Å². The summed E-state index contributed by atoms with van der Waals surface area (Å²) in [6.45, 7) is 4.73. The predicted molar refractivity (Wildman–Crippen MR) is 77.2 cm³/mol. The van der Waals surface area contributed by atoms with Crippen LogP contribution in [-0.4, -0.2) is 52.8 Å². The van der Waals surface area contributed by atoms with Gasteiger partial charge in [0, 0.05) is 45.0 Å². The number of hydrogen-bond acceptors (Lipinski definition) is 2. The van der Waals surface area contributed by atoms with E-state index in [0.29, 0.717) is 39.0 Å². The van der Waals surface area contributed by atoms with E-state index >= 15 is 0 Å². The van der Waals surface area contributed by atoms with Gasteiger partial charge in [-0.2, -0.15) is 0 Å². The zero-order chi connectivity index (χ0) is 14.4. The average Bonchev–Trinajstić information content (AvgIpc) is 2.97. The lowest BCUT2D eigenvalue weighted by atomic mass is 10.2. The van der Waals surface area contributed by atoms with Crippen LogP contribution in [0.4, 0.5) is 0 Å². The van der Waals surface area contributed by atoms with Crippen molar-refractivity contribution in [1.82, 2.24) is 14.8 Å². The molecule has 0 aromatic carbocycles. The Kier molecular flexibility index (Phi) is 5.21. The number of piperazine rings is 1. The summed E-state index contributed by atoms with van der Waals surface area (Å²) in [5, 5.41) is 0. The number of unbranched alkanes of at least 4 members (excludes halogenated alkanes) is 1. The van der Waals surface area contributed by atoms with Gasteiger partial charge >= 0.3 is 0 Å². The van der Waals surface area contributed by atoms with Gasteiger partial charge in [-0.05, 0) is 18.1 Å². The summed E-state index contributed by atoms with van der Waals surface area (Å²) >= 11 is 0. The van der Waals surface area contributed by atoms with Gasteiger partial charge in [-0.15, -0.1) is 0 Å². The van der Waals surface area contributed by atoms with Gasteiger partial charge in [0.2, 0.25) is 11.8 Å². The molecule has 0 atom stereocenters. The van der Waals surface area contributed by atoms with E-state index in [1.54, 1.807) is 0 Å². The van der Waals surface area contributed by atoms with Crippen LogP contribution < -0.4 is 0 Å². The first-order valence-electron chi connectivity index (χ1n) is 7.38. The Morgan fingerprint density at radius 1 is 1.15 bits per heavy atom. The summed E-state index contributed by atoms with van der Waals surface area (Å²) in [6, 6.07) is 1.92. The van der Waals surface area contributed by atoms with Crippen molar-refractivity contribution < 1.29 is 9.59 Å². The maximum absolute atomic E-state index is 12.1. The number of carbonyl (C=O) groups is 2. The zero-order valence-corrected chi connectivity index (χ0v) is 12.1. The van der Waals surface area contributed by atoms with Gasteiger partial charge in [0.15, 0.2) is 0 Å². The van der Waals surface area contributed by atoms with Gasteiger partial charge in [-0.1, -0.05) is 13.3 Å². The van der Waals surface area contributed by atoms with Crippen molar-refractivity contribution in [3.8, 4) is 0 Å². The minimum absolute atomic E-state index is 0.144. The summed E-state index contributed by atoms with van der Waals surface area (Å²) in [7, 11) is 0. The fraction of sp³-hybridized carbons (Fsp3) is 0.600. The first-order chi connectivity index (χ1) is 9.70. The standard InChI is InChI=1S/C15H23N3O2/c1-2-3-4-14(19)17-7-9-18(10-8-17)15(20)11-13-5-6-16-12-13/h5-6,12,16H,2-4,7-11H2,1H3. The number of aromatic nitrogens is 1. The third-order valence-corrected chi connectivity index (χ3v) is 3.75. The smallest absolute Gasteiger partial charge is 0.227 e. The van der Waals surface area contributed by atoms with Crippen LogP contribution in [0.25, 0.3) is 0 Å². The predicted octanol–water partition coefficient (Wildman–Crippen LogP) is 1.42. The Bertz CT molecular complexity index is 434. The summed E-state index contributed by atoms with van der Waals surface area (Å²) in [5.41, 5.74) is 1.01. The summed E-state index contributed by atoms with van der Waals surface area (Å²) < 4.78 is 0. The molecular weight excluding hydrogens is 254 g/mol. The topological polar surface area (TPSA) is 56.4 Å². The molecule has 0 saturated carbocycles. The molecule has 0 radical (unpaired) electrons. The molecule has 0 unspecified atom stereocenters. The largest absolute Gasteiger partial charge is 0.367 e. The molecule has 1 saturated heterocycles. The Labute approximate surface area is 119 Å². The minimum Gasteiger partial charge on any atom is -0.367 e. The lowest BCUT2D eigenvalue weighted by molar-refractivity contribution is -0.139. The normalized spacial score (nSPS) is 15.4. The number of aromatic amines is 1. The highest BCUT2D eigenvalue weighted by Crippen LogP contribution is 2.08. The molecule has 1 fully saturated rings. The van der Waals surface area contributed by atoms with Crippen LogP contribution in [0.3, 0.4) is 0 Å². The summed E-state index contributed by atoms with van der Waals surface area (Å²) in [5.74, 6) is 0.370. The van der Waals surface area contributed by atoms with Gasteiger partial charge in [0.1, 0.15) is 0 Å². The van der Waals surface area contributed by atoms with Crippen LogP contribution in [0.1, 0.15) is 31.7 Å². The van der Waals surface area contributed by atoms with E-state index in [9.17, 15) is 9.59 Å². The molecule has 1 aromatic heterocycles. The fourth-order valence-corrected chi connectivity index (χ4v) is 2.45. The number of H-pyrrole nitrogens is 1. The number of amides is 2. The second-order valence-corrected chi connectivity index (χ2v) is 5.26. The third-order valence-electron chi connectivity index (χ3n) is 3.75. The molecular formula is C15H23N3O2. The molecule has 2 heterocycles.